The van der Waals surface area contributed by atoms with E-state index >= 15 is 0 Å². The highest BCUT2D eigenvalue weighted by atomic mass is 35.5. The minimum atomic E-state index is -0.535. The van der Waals surface area contributed by atoms with Crippen molar-refractivity contribution in [1.29, 1.82) is 0 Å². The summed E-state index contributed by atoms with van der Waals surface area (Å²) < 4.78 is 1.72. The lowest BCUT2D eigenvalue weighted by Gasteiger charge is -2.12. The van der Waals surface area contributed by atoms with Crippen molar-refractivity contribution in [2.24, 2.45) is 12.0 Å². The number of carbonyl (C=O) groups is 1. The molecule has 5 nitrogen and oxygen atoms in total. The molecule has 27 heavy (non-hydrogen) atoms. The number of carbonyl (C=O) groups excluding carboxylic acids is 1. The first-order chi connectivity index (χ1) is 13.0. The third kappa shape index (κ3) is 3.51. The summed E-state index contributed by atoms with van der Waals surface area (Å²) >= 11 is 6.22. The monoisotopic (exact) mass is 378 g/mol. The first-order valence-electron chi connectivity index (χ1n) is 8.73. The largest absolute Gasteiger partial charge is 0.324 e. The van der Waals surface area contributed by atoms with Gasteiger partial charge < -0.3 is 5.32 Å². The van der Waals surface area contributed by atoms with E-state index in [-0.39, 0.29) is 5.91 Å². The Hall–Kier alpha value is -2.92. The van der Waals surface area contributed by atoms with E-state index in [4.69, 9.17) is 16.6 Å². The van der Waals surface area contributed by atoms with Crippen LogP contribution in [0.5, 0.6) is 0 Å². The van der Waals surface area contributed by atoms with Gasteiger partial charge in [-0.05, 0) is 36.2 Å². The second kappa shape index (κ2) is 7.00. The molecule has 6 heteroatoms. The molecule has 1 amide bonds. The third-order valence-corrected chi connectivity index (χ3v) is 4.97. The molecule has 0 saturated carbocycles. The summed E-state index contributed by atoms with van der Waals surface area (Å²) in [6, 6.07) is 12.9. The summed E-state index contributed by atoms with van der Waals surface area (Å²) in [5.41, 5.74) is 5.34. The fourth-order valence-corrected chi connectivity index (χ4v) is 3.45. The van der Waals surface area contributed by atoms with Gasteiger partial charge in [0.1, 0.15) is 6.04 Å². The Morgan fingerprint density at radius 1 is 1.22 bits per heavy atom. The first kappa shape index (κ1) is 17.5. The van der Waals surface area contributed by atoms with Crippen LogP contribution < -0.4 is 5.32 Å². The number of fused-ring (bicyclic) bond motifs is 1. The number of benzodiazepines with no additional fused rings is 1. The molecule has 1 aliphatic rings. The van der Waals surface area contributed by atoms with E-state index in [1.807, 2.05) is 56.6 Å². The van der Waals surface area contributed by atoms with Gasteiger partial charge in [-0.1, -0.05) is 35.9 Å². The third-order valence-electron chi connectivity index (χ3n) is 4.74. The van der Waals surface area contributed by atoms with E-state index < -0.39 is 6.04 Å². The molecule has 0 bridgehead atoms. The lowest BCUT2D eigenvalue weighted by atomic mass is 10.0. The van der Waals surface area contributed by atoms with Crippen LogP contribution >= 0.6 is 11.6 Å². The topological polar surface area (TPSA) is 59.3 Å². The number of benzene rings is 2. The molecule has 1 atom stereocenters. The van der Waals surface area contributed by atoms with Crippen LogP contribution in [0.1, 0.15) is 22.3 Å². The second-order valence-corrected chi connectivity index (χ2v) is 7.14. The van der Waals surface area contributed by atoms with Gasteiger partial charge in [-0.3, -0.25) is 14.5 Å². The Kier molecular flexibility index (Phi) is 4.54. The number of amides is 1. The van der Waals surface area contributed by atoms with Gasteiger partial charge in [0.2, 0.25) is 5.91 Å². The Balaban J connectivity index is 1.83. The van der Waals surface area contributed by atoms with Gasteiger partial charge in [-0.15, -0.1) is 0 Å². The van der Waals surface area contributed by atoms with Gasteiger partial charge >= 0.3 is 0 Å². The molecule has 4 rings (SSSR count). The number of halogens is 1. The number of aromatic nitrogens is 2. The predicted molar refractivity (Wildman–Crippen MR) is 108 cm³/mol. The van der Waals surface area contributed by atoms with Crippen molar-refractivity contribution >= 4 is 28.9 Å². The molecule has 1 N–H and O–H groups in total. The molecular weight excluding hydrogens is 360 g/mol. The molecule has 1 aromatic heterocycles. The molecule has 1 aliphatic heterocycles. The van der Waals surface area contributed by atoms with Crippen LogP contribution in [0.4, 0.5) is 5.69 Å². The van der Waals surface area contributed by atoms with Crippen LogP contribution in [0.15, 0.2) is 59.9 Å². The van der Waals surface area contributed by atoms with Crippen LogP contribution in [0, 0.1) is 6.92 Å². The van der Waals surface area contributed by atoms with E-state index in [0.717, 1.165) is 28.0 Å². The van der Waals surface area contributed by atoms with Gasteiger partial charge in [0, 0.05) is 35.8 Å². The van der Waals surface area contributed by atoms with Crippen LogP contribution in [-0.2, 0) is 18.3 Å². The van der Waals surface area contributed by atoms with Crippen molar-refractivity contribution in [2.45, 2.75) is 19.4 Å². The number of hydrogen-bond acceptors (Lipinski definition) is 3. The van der Waals surface area contributed by atoms with Crippen molar-refractivity contribution < 1.29 is 4.79 Å². The molecular formula is C21H19ClN4O. The second-order valence-electron chi connectivity index (χ2n) is 6.71. The minimum absolute atomic E-state index is 0.124. The molecule has 0 aliphatic carbocycles. The van der Waals surface area contributed by atoms with Crippen LogP contribution in [0.3, 0.4) is 0 Å². The predicted octanol–water partition coefficient (Wildman–Crippen LogP) is 3.78. The van der Waals surface area contributed by atoms with Gasteiger partial charge in [0.25, 0.3) is 0 Å². The van der Waals surface area contributed by atoms with Crippen LogP contribution in [0.2, 0.25) is 5.02 Å². The van der Waals surface area contributed by atoms with E-state index in [9.17, 15) is 4.79 Å². The van der Waals surface area contributed by atoms with Crippen molar-refractivity contribution in [3.05, 3.63) is 82.1 Å². The summed E-state index contributed by atoms with van der Waals surface area (Å²) in [5, 5.41) is 7.86. The van der Waals surface area contributed by atoms with Crippen molar-refractivity contribution in [2.75, 3.05) is 5.32 Å². The number of anilines is 1. The summed E-state index contributed by atoms with van der Waals surface area (Å²) in [7, 11) is 1.86. The standard InChI is InChI=1S/C21H19ClN4O/c1-13-5-3-4-6-14(13)9-19-21(27)25-18-8-7-16(22)10-17(18)20(24-19)15-11-23-26(2)12-15/h3-8,10-12,19H,9H2,1-2H3,(H,25,27). The minimum Gasteiger partial charge on any atom is -0.324 e. The zero-order valence-corrected chi connectivity index (χ0v) is 15.9. The number of aliphatic imine (C=N–C) groups is 1. The molecule has 0 radical (unpaired) electrons. The van der Waals surface area contributed by atoms with Crippen LogP contribution in [-0.4, -0.2) is 27.4 Å². The normalized spacial score (nSPS) is 16.3. The van der Waals surface area contributed by atoms with Crippen molar-refractivity contribution in [1.82, 2.24) is 9.78 Å². The Morgan fingerprint density at radius 3 is 2.78 bits per heavy atom. The Morgan fingerprint density at radius 2 is 2.04 bits per heavy atom. The lowest BCUT2D eigenvalue weighted by Crippen LogP contribution is -2.27. The van der Waals surface area contributed by atoms with Gasteiger partial charge in [-0.25, -0.2) is 0 Å². The van der Waals surface area contributed by atoms with E-state index in [1.54, 1.807) is 16.9 Å². The van der Waals surface area contributed by atoms with Gasteiger partial charge in [-0.2, -0.15) is 5.10 Å². The quantitative estimate of drug-likeness (QED) is 0.753. The van der Waals surface area contributed by atoms with E-state index in [2.05, 4.69) is 10.4 Å². The Bertz CT molecular complexity index is 1050. The fraction of sp³-hybridized carbons (Fsp3) is 0.190. The maximum Gasteiger partial charge on any atom is 0.249 e. The highest BCUT2D eigenvalue weighted by molar-refractivity contribution is 6.32. The smallest absolute Gasteiger partial charge is 0.249 e. The average molecular weight is 379 g/mol. The van der Waals surface area contributed by atoms with Crippen molar-refractivity contribution in [3.63, 3.8) is 0 Å². The summed E-state index contributed by atoms with van der Waals surface area (Å²) in [6.45, 7) is 2.05. The number of nitrogens with one attached hydrogen (secondary N) is 1. The number of hydrogen-bond donors (Lipinski definition) is 1. The summed E-state index contributed by atoms with van der Waals surface area (Å²) in [4.78, 5) is 17.7. The first-order valence-corrected chi connectivity index (χ1v) is 9.11. The molecule has 2 aromatic carbocycles. The fourth-order valence-electron chi connectivity index (χ4n) is 3.28. The molecule has 0 fully saturated rings. The Labute approximate surface area is 162 Å². The zero-order chi connectivity index (χ0) is 19.0. The number of aryl methyl sites for hydroxylation is 2. The maximum atomic E-state index is 12.9. The maximum absolute atomic E-state index is 12.9. The molecule has 0 saturated heterocycles. The SMILES string of the molecule is Cc1ccccc1CC1N=C(c2cnn(C)c2)c2cc(Cl)ccc2NC1=O. The highest BCUT2D eigenvalue weighted by Crippen LogP contribution is 2.28. The molecule has 2 heterocycles. The number of rotatable bonds is 3. The summed E-state index contributed by atoms with van der Waals surface area (Å²) in [6.07, 6.45) is 4.18. The van der Waals surface area contributed by atoms with Gasteiger partial charge in [0.05, 0.1) is 17.6 Å². The molecule has 136 valence electrons. The van der Waals surface area contributed by atoms with Gasteiger partial charge in [0.15, 0.2) is 0 Å². The lowest BCUT2D eigenvalue weighted by molar-refractivity contribution is -0.117. The molecule has 1 unspecified atom stereocenters. The van der Waals surface area contributed by atoms with E-state index in [0.29, 0.717) is 17.1 Å². The molecule has 3 aromatic rings. The highest BCUT2D eigenvalue weighted by Gasteiger charge is 2.27. The number of nitrogens with zero attached hydrogens (tertiary/aromatic N) is 3. The summed E-state index contributed by atoms with van der Waals surface area (Å²) in [5.74, 6) is -0.124. The van der Waals surface area contributed by atoms with Crippen molar-refractivity contribution in [3.8, 4) is 0 Å². The molecule has 0 spiro atoms. The van der Waals surface area contributed by atoms with E-state index in [1.165, 1.54) is 0 Å². The zero-order valence-electron chi connectivity index (χ0n) is 15.1. The average Bonchev–Trinajstić information content (AvgIpc) is 3.02. The van der Waals surface area contributed by atoms with Crippen LogP contribution in [0.25, 0.3) is 0 Å².